The fourth-order valence-corrected chi connectivity index (χ4v) is 2.04. The van der Waals surface area contributed by atoms with Crippen LogP contribution in [0.5, 0.6) is 0 Å². The minimum absolute atomic E-state index is 0.0328. The van der Waals surface area contributed by atoms with Crippen molar-refractivity contribution in [2.75, 3.05) is 0 Å². The van der Waals surface area contributed by atoms with E-state index in [0.29, 0.717) is 12.1 Å². The van der Waals surface area contributed by atoms with Crippen LogP contribution in [0.4, 0.5) is 13.2 Å². The minimum atomic E-state index is -4.71. The Morgan fingerprint density at radius 2 is 1.96 bits per heavy atom. The Labute approximate surface area is 132 Å². The average molecular weight is 320 g/mol. The smallest absolute Gasteiger partial charge is 0.298 e. The van der Waals surface area contributed by atoms with Crippen molar-refractivity contribution in [3.63, 3.8) is 0 Å². The maximum Gasteiger partial charge on any atom is 0.435 e. The fourth-order valence-electron chi connectivity index (χ4n) is 2.04. The number of hydrogen-bond acceptors (Lipinski definition) is 2. The highest BCUT2D eigenvalue weighted by atomic mass is 19.4. The SMILES string of the molecule is CCCCC#Cc1c(C=O)c(C(F)(F)F)nn1-c1ccccc1. The molecule has 0 bridgehead atoms. The summed E-state index contributed by atoms with van der Waals surface area (Å²) in [6.07, 6.45) is -2.22. The second kappa shape index (κ2) is 7.14. The molecule has 3 nitrogen and oxygen atoms in total. The number of unbranched alkanes of at least 4 members (excludes halogenated alkanes) is 2. The number of carbonyl (C=O) groups is 1. The van der Waals surface area contributed by atoms with Gasteiger partial charge >= 0.3 is 6.18 Å². The first kappa shape index (κ1) is 16.8. The van der Waals surface area contributed by atoms with Gasteiger partial charge in [-0.1, -0.05) is 37.5 Å². The molecular formula is C17H15F3N2O. The zero-order valence-electron chi connectivity index (χ0n) is 12.5. The Bertz CT molecular complexity index is 737. The van der Waals surface area contributed by atoms with Crippen molar-refractivity contribution < 1.29 is 18.0 Å². The molecule has 0 aliphatic heterocycles. The zero-order valence-corrected chi connectivity index (χ0v) is 12.5. The van der Waals surface area contributed by atoms with Gasteiger partial charge in [0.15, 0.2) is 12.0 Å². The molecule has 0 saturated heterocycles. The van der Waals surface area contributed by atoms with E-state index in [9.17, 15) is 18.0 Å². The molecule has 0 aliphatic carbocycles. The van der Waals surface area contributed by atoms with Crippen LogP contribution in [0.25, 0.3) is 5.69 Å². The van der Waals surface area contributed by atoms with Gasteiger partial charge < -0.3 is 0 Å². The second-order valence-corrected chi connectivity index (χ2v) is 4.88. The molecule has 0 amide bonds. The van der Waals surface area contributed by atoms with Gasteiger partial charge in [-0.15, -0.1) is 0 Å². The molecule has 1 heterocycles. The van der Waals surface area contributed by atoms with Crippen LogP contribution in [0.3, 0.4) is 0 Å². The predicted molar refractivity (Wildman–Crippen MR) is 80.4 cm³/mol. The Kier molecular flexibility index (Phi) is 5.22. The molecule has 0 radical (unpaired) electrons. The number of rotatable bonds is 4. The number of benzene rings is 1. The summed E-state index contributed by atoms with van der Waals surface area (Å²) in [6.45, 7) is 1.99. The normalized spacial score (nSPS) is 11.0. The topological polar surface area (TPSA) is 34.9 Å². The first-order valence-electron chi connectivity index (χ1n) is 7.18. The van der Waals surface area contributed by atoms with Crippen LogP contribution in [0, 0.1) is 11.8 Å². The van der Waals surface area contributed by atoms with Gasteiger partial charge in [0.1, 0.15) is 5.69 Å². The number of nitrogens with zero attached hydrogens (tertiary/aromatic N) is 2. The molecule has 2 rings (SSSR count). The molecular weight excluding hydrogens is 305 g/mol. The van der Waals surface area contributed by atoms with Gasteiger partial charge in [0.05, 0.1) is 11.3 Å². The largest absolute Gasteiger partial charge is 0.435 e. The van der Waals surface area contributed by atoms with E-state index in [4.69, 9.17) is 0 Å². The molecule has 0 fully saturated rings. The zero-order chi connectivity index (χ0) is 16.9. The van der Waals surface area contributed by atoms with Crippen LogP contribution < -0.4 is 0 Å². The van der Waals surface area contributed by atoms with E-state index >= 15 is 0 Å². The Morgan fingerprint density at radius 1 is 1.26 bits per heavy atom. The summed E-state index contributed by atoms with van der Waals surface area (Å²) in [5.41, 5.74) is -1.35. The van der Waals surface area contributed by atoms with Crippen LogP contribution in [-0.4, -0.2) is 16.1 Å². The lowest BCUT2D eigenvalue weighted by atomic mass is 10.1. The molecule has 1 aromatic carbocycles. The van der Waals surface area contributed by atoms with E-state index in [0.717, 1.165) is 17.5 Å². The lowest BCUT2D eigenvalue weighted by Gasteiger charge is -2.03. The highest BCUT2D eigenvalue weighted by Crippen LogP contribution is 2.32. The standard InChI is InChI=1S/C17H15F3N2O/c1-2-3-4-8-11-15-14(12-23)16(17(18,19)20)21-22(15)13-9-6-5-7-10-13/h5-7,9-10,12H,2-4H2,1H3. The van der Waals surface area contributed by atoms with Crippen molar-refractivity contribution in [1.82, 2.24) is 9.78 Å². The third kappa shape index (κ3) is 3.81. The monoisotopic (exact) mass is 320 g/mol. The van der Waals surface area contributed by atoms with E-state index in [1.165, 1.54) is 0 Å². The summed E-state index contributed by atoms with van der Waals surface area (Å²) in [6, 6.07) is 8.32. The quantitative estimate of drug-likeness (QED) is 0.480. The predicted octanol–water partition coefficient (Wildman–Crippen LogP) is 4.25. The maximum absolute atomic E-state index is 13.1. The van der Waals surface area contributed by atoms with E-state index in [1.54, 1.807) is 30.3 Å². The lowest BCUT2D eigenvalue weighted by Crippen LogP contribution is -2.09. The molecule has 2 aromatic rings. The van der Waals surface area contributed by atoms with Gasteiger partial charge in [-0.25, -0.2) is 4.68 Å². The van der Waals surface area contributed by atoms with Crippen LogP contribution in [0.2, 0.25) is 0 Å². The molecule has 0 unspecified atom stereocenters. The van der Waals surface area contributed by atoms with E-state index < -0.39 is 17.4 Å². The van der Waals surface area contributed by atoms with Crippen molar-refractivity contribution in [2.24, 2.45) is 0 Å². The molecule has 0 atom stereocenters. The maximum atomic E-state index is 13.1. The number of alkyl halides is 3. The fraction of sp³-hybridized carbons (Fsp3) is 0.294. The lowest BCUT2D eigenvalue weighted by molar-refractivity contribution is -0.141. The summed E-state index contributed by atoms with van der Waals surface area (Å²) >= 11 is 0. The summed E-state index contributed by atoms with van der Waals surface area (Å²) in [7, 11) is 0. The minimum Gasteiger partial charge on any atom is -0.298 e. The Morgan fingerprint density at radius 3 is 2.52 bits per heavy atom. The van der Waals surface area contributed by atoms with E-state index in [1.807, 2.05) is 6.92 Å². The van der Waals surface area contributed by atoms with Gasteiger partial charge in [0.2, 0.25) is 0 Å². The second-order valence-electron chi connectivity index (χ2n) is 4.88. The number of halogens is 3. The number of aromatic nitrogens is 2. The van der Waals surface area contributed by atoms with Crippen molar-refractivity contribution in [3.8, 4) is 17.5 Å². The van der Waals surface area contributed by atoms with Crippen molar-refractivity contribution >= 4 is 6.29 Å². The molecule has 23 heavy (non-hydrogen) atoms. The Hall–Kier alpha value is -2.55. The molecule has 120 valence electrons. The first-order chi connectivity index (χ1) is 11.0. The third-order valence-corrected chi connectivity index (χ3v) is 3.17. The van der Waals surface area contributed by atoms with Gasteiger partial charge in [-0.2, -0.15) is 18.3 Å². The highest BCUT2D eigenvalue weighted by molar-refractivity contribution is 5.81. The third-order valence-electron chi connectivity index (χ3n) is 3.17. The average Bonchev–Trinajstić information content (AvgIpc) is 2.91. The summed E-state index contributed by atoms with van der Waals surface area (Å²) < 4.78 is 40.4. The van der Waals surface area contributed by atoms with Gasteiger partial charge in [-0.3, -0.25) is 4.79 Å². The van der Waals surface area contributed by atoms with Crippen molar-refractivity contribution in [3.05, 3.63) is 47.3 Å². The van der Waals surface area contributed by atoms with Crippen molar-refractivity contribution in [2.45, 2.75) is 32.4 Å². The molecule has 6 heteroatoms. The molecule has 0 N–H and O–H groups in total. The number of aldehydes is 1. The summed E-state index contributed by atoms with van der Waals surface area (Å²) in [5.74, 6) is 5.49. The van der Waals surface area contributed by atoms with Crippen LogP contribution >= 0.6 is 0 Å². The number of carbonyl (C=O) groups excluding carboxylic acids is 1. The van der Waals surface area contributed by atoms with Crippen LogP contribution in [0.1, 0.15) is 47.9 Å². The van der Waals surface area contributed by atoms with Gasteiger partial charge in [-0.05, 0) is 24.5 Å². The van der Waals surface area contributed by atoms with Gasteiger partial charge in [0, 0.05) is 6.42 Å². The van der Waals surface area contributed by atoms with Crippen LogP contribution in [0.15, 0.2) is 30.3 Å². The summed E-state index contributed by atoms with van der Waals surface area (Å²) in [4.78, 5) is 11.2. The molecule has 1 aromatic heterocycles. The summed E-state index contributed by atoms with van der Waals surface area (Å²) in [5, 5.41) is 3.58. The van der Waals surface area contributed by atoms with Crippen molar-refractivity contribution in [1.29, 1.82) is 0 Å². The van der Waals surface area contributed by atoms with E-state index in [-0.39, 0.29) is 12.0 Å². The highest BCUT2D eigenvalue weighted by Gasteiger charge is 2.39. The molecule has 0 aliphatic rings. The first-order valence-corrected chi connectivity index (χ1v) is 7.18. The molecule has 0 saturated carbocycles. The van der Waals surface area contributed by atoms with Gasteiger partial charge in [0.25, 0.3) is 0 Å². The molecule has 0 spiro atoms. The van der Waals surface area contributed by atoms with Crippen LogP contribution in [-0.2, 0) is 6.18 Å². The van der Waals surface area contributed by atoms with E-state index in [2.05, 4.69) is 16.9 Å². The Balaban J connectivity index is 2.61. The number of para-hydroxylation sites is 1. The number of hydrogen-bond donors (Lipinski definition) is 0.